The molecule has 1 saturated carbocycles. The van der Waals surface area contributed by atoms with Crippen molar-refractivity contribution in [3.63, 3.8) is 0 Å². The molecule has 0 spiro atoms. The highest BCUT2D eigenvalue weighted by Gasteiger charge is 2.33. The maximum Gasteiger partial charge on any atom is 0.220 e. The van der Waals surface area contributed by atoms with E-state index < -0.39 is 0 Å². The van der Waals surface area contributed by atoms with E-state index in [2.05, 4.69) is 10.6 Å². The normalized spacial score (nSPS) is 25.9. The number of nitrogens with two attached hydrogens (primary N) is 1. The summed E-state index contributed by atoms with van der Waals surface area (Å²) in [6.07, 6.45) is 7.69. The standard InChI is InChI=1S/C14H25N3O2/c15-10-14(6-2-1-3-7-14)8-13(19)16-9-11-4-5-12(18)17-11/h11H,1-10,15H2,(H,16,19)(H,17,18). The van der Waals surface area contributed by atoms with Crippen molar-refractivity contribution in [1.82, 2.24) is 10.6 Å². The lowest BCUT2D eigenvalue weighted by atomic mass is 9.71. The quantitative estimate of drug-likeness (QED) is 0.685. The molecule has 1 aliphatic heterocycles. The Morgan fingerprint density at radius 2 is 2.11 bits per heavy atom. The van der Waals surface area contributed by atoms with Crippen LogP contribution in [0.1, 0.15) is 51.4 Å². The van der Waals surface area contributed by atoms with Crippen LogP contribution in [0.15, 0.2) is 0 Å². The van der Waals surface area contributed by atoms with Gasteiger partial charge in [-0.25, -0.2) is 0 Å². The van der Waals surface area contributed by atoms with Gasteiger partial charge in [-0.2, -0.15) is 0 Å². The molecule has 1 saturated heterocycles. The Morgan fingerprint density at radius 1 is 1.37 bits per heavy atom. The molecule has 5 heteroatoms. The molecule has 1 heterocycles. The Bertz CT molecular complexity index is 338. The van der Waals surface area contributed by atoms with Gasteiger partial charge in [0.2, 0.25) is 11.8 Å². The molecule has 0 aromatic rings. The van der Waals surface area contributed by atoms with Gasteiger partial charge in [-0.1, -0.05) is 19.3 Å². The molecule has 1 atom stereocenters. The summed E-state index contributed by atoms with van der Waals surface area (Å²) >= 11 is 0. The molecule has 108 valence electrons. The van der Waals surface area contributed by atoms with Gasteiger partial charge in [-0.15, -0.1) is 0 Å². The summed E-state index contributed by atoms with van der Waals surface area (Å²) in [6, 6.07) is 0.108. The Kier molecular flexibility index (Phi) is 4.80. The largest absolute Gasteiger partial charge is 0.354 e. The molecule has 1 aliphatic carbocycles. The minimum Gasteiger partial charge on any atom is -0.354 e. The van der Waals surface area contributed by atoms with Crippen molar-refractivity contribution in [2.45, 2.75) is 57.4 Å². The van der Waals surface area contributed by atoms with Gasteiger partial charge in [-0.3, -0.25) is 9.59 Å². The van der Waals surface area contributed by atoms with E-state index in [0.29, 0.717) is 25.9 Å². The van der Waals surface area contributed by atoms with E-state index in [4.69, 9.17) is 5.73 Å². The maximum absolute atomic E-state index is 12.0. The monoisotopic (exact) mass is 267 g/mol. The summed E-state index contributed by atoms with van der Waals surface area (Å²) in [7, 11) is 0. The number of hydrogen-bond acceptors (Lipinski definition) is 3. The third kappa shape index (κ3) is 3.93. The zero-order valence-electron chi connectivity index (χ0n) is 11.5. The highest BCUT2D eigenvalue weighted by atomic mass is 16.2. The van der Waals surface area contributed by atoms with Crippen LogP contribution in [0.3, 0.4) is 0 Å². The Hall–Kier alpha value is -1.10. The molecule has 4 N–H and O–H groups in total. The highest BCUT2D eigenvalue weighted by Crippen LogP contribution is 2.38. The van der Waals surface area contributed by atoms with Crippen molar-refractivity contribution in [2.75, 3.05) is 13.1 Å². The van der Waals surface area contributed by atoms with Crippen molar-refractivity contribution >= 4 is 11.8 Å². The van der Waals surface area contributed by atoms with E-state index in [1.54, 1.807) is 0 Å². The van der Waals surface area contributed by atoms with Crippen LogP contribution in [0.2, 0.25) is 0 Å². The summed E-state index contributed by atoms with van der Waals surface area (Å²) in [5.74, 6) is 0.165. The topological polar surface area (TPSA) is 84.2 Å². The van der Waals surface area contributed by atoms with Crippen LogP contribution in [0, 0.1) is 5.41 Å². The van der Waals surface area contributed by atoms with Crippen molar-refractivity contribution in [3.05, 3.63) is 0 Å². The first kappa shape index (κ1) is 14.3. The van der Waals surface area contributed by atoms with Crippen LogP contribution in [-0.2, 0) is 9.59 Å². The second-order valence-electron chi connectivity index (χ2n) is 6.05. The van der Waals surface area contributed by atoms with Crippen molar-refractivity contribution < 1.29 is 9.59 Å². The molecule has 2 fully saturated rings. The molecule has 2 amide bonds. The van der Waals surface area contributed by atoms with E-state index in [-0.39, 0.29) is 23.3 Å². The molecular weight excluding hydrogens is 242 g/mol. The van der Waals surface area contributed by atoms with Gasteiger partial charge in [-0.05, 0) is 31.2 Å². The van der Waals surface area contributed by atoms with E-state index >= 15 is 0 Å². The average molecular weight is 267 g/mol. The van der Waals surface area contributed by atoms with E-state index in [1.165, 1.54) is 19.3 Å². The van der Waals surface area contributed by atoms with Crippen LogP contribution >= 0.6 is 0 Å². The van der Waals surface area contributed by atoms with Gasteiger partial charge < -0.3 is 16.4 Å². The first-order valence-corrected chi connectivity index (χ1v) is 7.40. The second-order valence-corrected chi connectivity index (χ2v) is 6.05. The number of carbonyl (C=O) groups is 2. The molecule has 0 aromatic carbocycles. The van der Waals surface area contributed by atoms with Gasteiger partial charge >= 0.3 is 0 Å². The lowest BCUT2D eigenvalue weighted by molar-refractivity contribution is -0.124. The summed E-state index contributed by atoms with van der Waals surface area (Å²) in [5.41, 5.74) is 5.90. The van der Waals surface area contributed by atoms with Gasteiger partial charge in [0, 0.05) is 25.4 Å². The number of amides is 2. The van der Waals surface area contributed by atoms with Gasteiger partial charge in [0.1, 0.15) is 0 Å². The van der Waals surface area contributed by atoms with Gasteiger partial charge in [0.15, 0.2) is 0 Å². The third-order valence-corrected chi connectivity index (χ3v) is 4.51. The molecule has 0 aromatic heterocycles. The summed E-state index contributed by atoms with van der Waals surface area (Å²) < 4.78 is 0. The maximum atomic E-state index is 12.0. The molecule has 2 aliphatic rings. The van der Waals surface area contributed by atoms with E-state index in [9.17, 15) is 9.59 Å². The smallest absolute Gasteiger partial charge is 0.220 e. The van der Waals surface area contributed by atoms with Crippen molar-refractivity contribution in [2.24, 2.45) is 11.1 Å². The fraction of sp³-hybridized carbons (Fsp3) is 0.857. The average Bonchev–Trinajstić information content (AvgIpc) is 2.83. The molecule has 2 rings (SSSR count). The molecule has 19 heavy (non-hydrogen) atoms. The lowest BCUT2D eigenvalue weighted by Gasteiger charge is -2.35. The number of rotatable bonds is 5. The number of nitrogens with one attached hydrogen (secondary N) is 2. The first-order valence-electron chi connectivity index (χ1n) is 7.40. The Labute approximate surface area is 114 Å². The van der Waals surface area contributed by atoms with Crippen LogP contribution in [-0.4, -0.2) is 30.9 Å². The van der Waals surface area contributed by atoms with Gasteiger partial charge in [0.05, 0.1) is 0 Å². The molecule has 1 unspecified atom stereocenters. The fourth-order valence-electron chi connectivity index (χ4n) is 3.23. The van der Waals surface area contributed by atoms with Crippen LogP contribution in [0.4, 0.5) is 0 Å². The predicted molar refractivity (Wildman–Crippen MR) is 73.4 cm³/mol. The lowest BCUT2D eigenvalue weighted by Crippen LogP contribution is -2.42. The predicted octanol–water partition coefficient (Wildman–Crippen LogP) is 0.680. The van der Waals surface area contributed by atoms with Crippen molar-refractivity contribution in [1.29, 1.82) is 0 Å². The molecule has 0 bridgehead atoms. The zero-order chi connectivity index (χ0) is 13.7. The Balaban J connectivity index is 1.75. The van der Waals surface area contributed by atoms with E-state index in [1.807, 2.05) is 0 Å². The van der Waals surface area contributed by atoms with Crippen LogP contribution in [0.25, 0.3) is 0 Å². The minimum atomic E-state index is 0.0151. The minimum absolute atomic E-state index is 0.0151. The number of carbonyl (C=O) groups excluding carboxylic acids is 2. The highest BCUT2D eigenvalue weighted by molar-refractivity contribution is 5.79. The molecular formula is C14H25N3O2. The van der Waals surface area contributed by atoms with Crippen LogP contribution in [0.5, 0.6) is 0 Å². The second kappa shape index (κ2) is 6.37. The SMILES string of the molecule is NCC1(CC(=O)NCC2CCC(=O)N2)CCCCC1. The summed E-state index contributed by atoms with van der Waals surface area (Å²) in [6.45, 7) is 1.14. The van der Waals surface area contributed by atoms with Gasteiger partial charge in [0.25, 0.3) is 0 Å². The third-order valence-electron chi connectivity index (χ3n) is 4.51. The summed E-state index contributed by atoms with van der Waals surface area (Å²) in [5, 5.41) is 5.80. The molecule has 5 nitrogen and oxygen atoms in total. The van der Waals surface area contributed by atoms with Crippen molar-refractivity contribution in [3.8, 4) is 0 Å². The van der Waals surface area contributed by atoms with E-state index in [0.717, 1.165) is 19.3 Å². The zero-order valence-corrected chi connectivity index (χ0v) is 11.5. The number of hydrogen-bond donors (Lipinski definition) is 3. The first-order chi connectivity index (χ1) is 9.13. The fourth-order valence-corrected chi connectivity index (χ4v) is 3.23. The molecule has 0 radical (unpaired) electrons. The Morgan fingerprint density at radius 3 is 2.68 bits per heavy atom. The van der Waals surface area contributed by atoms with Crippen LogP contribution < -0.4 is 16.4 Å². The summed E-state index contributed by atoms with van der Waals surface area (Å²) in [4.78, 5) is 23.1.